The summed E-state index contributed by atoms with van der Waals surface area (Å²) in [4.78, 5) is 4.07. The van der Waals surface area contributed by atoms with Crippen molar-refractivity contribution in [2.24, 2.45) is 0 Å². The van der Waals surface area contributed by atoms with Crippen molar-refractivity contribution in [2.75, 3.05) is 13.1 Å². The predicted octanol–water partition coefficient (Wildman–Crippen LogP) is 4.59. The van der Waals surface area contributed by atoms with Crippen LogP contribution in [0.25, 0.3) is 10.9 Å². The van der Waals surface area contributed by atoms with E-state index in [1.54, 1.807) is 19.1 Å². The van der Waals surface area contributed by atoms with E-state index in [1.807, 2.05) is 11.8 Å². The standard InChI is InChI=1S/C19H21F3N2OS/c1-12-10-15(17(25)11-23-8-7-13-4-3-9-26-13)14-5-2-6-16(18(14)24-12)19(20,21)22/h2-3,5-6,9-10,13,17,23,25H,4,7-8,11H2,1H3. The highest BCUT2D eigenvalue weighted by molar-refractivity contribution is 8.03. The van der Waals surface area contributed by atoms with Crippen molar-refractivity contribution in [3.05, 3.63) is 52.6 Å². The molecule has 0 spiro atoms. The SMILES string of the molecule is Cc1cc(C(O)CNCCC2CC=CS2)c2cccc(C(F)(F)F)c2n1. The van der Waals surface area contributed by atoms with Gasteiger partial charge in [0.05, 0.1) is 17.2 Å². The number of fused-ring (bicyclic) bond motifs is 1. The largest absolute Gasteiger partial charge is 0.418 e. The van der Waals surface area contributed by atoms with E-state index in [0.717, 1.165) is 25.5 Å². The fourth-order valence-corrected chi connectivity index (χ4v) is 4.06. The lowest BCUT2D eigenvalue weighted by Crippen LogP contribution is -2.24. The number of hydrogen-bond donors (Lipinski definition) is 2. The number of rotatable bonds is 6. The van der Waals surface area contributed by atoms with Crippen LogP contribution in [0.1, 0.15) is 35.8 Å². The van der Waals surface area contributed by atoms with Crippen LogP contribution in [0.4, 0.5) is 13.2 Å². The van der Waals surface area contributed by atoms with Crippen LogP contribution in [0.3, 0.4) is 0 Å². The zero-order valence-corrected chi connectivity index (χ0v) is 15.2. The van der Waals surface area contributed by atoms with E-state index in [4.69, 9.17) is 0 Å². The average molecular weight is 382 g/mol. The number of benzene rings is 1. The Labute approximate surface area is 154 Å². The lowest BCUT2D eigenvalue weighted by Gasteiger charge is -2.18. The molecule has 0 aliphatic carbocycles. The molecule has 26 heavy (non-hydrogen) atoms. The summed E-state index contributed by atoms with van der Waals surface area (Å²) in [5, 5.41) is 16.8. The zero-order valence-electron chi connectivity index (χ0n) is 14.4. The molecule has 2 N–H and O–H groups in total. The van der Waals surface area contributed by atoms with Crippen LogP contribution in [-0.2, 0) is 6.18 Å². The highest BCUT2D eigenvalue weighted by Gasteiger charge is 2.33. The molecule has 2 heterocycles. The Balaban J connectivity index is 1.76. The van der Waals surface area contributed by atoms with Gasteiger partial charge in [0.2, 0.25) is 0 Å². The van der Waals surface area contributed by atoms with Gasteiger partial charge in [-0.3, -0.25) is 4.98 Å². The number of aromatic nitrogens is 1. The van der Waals surface area contributed by atoms with E-state index in [2.05, 4.69) is 21.8 Å². The molecular formula is C19H21F3N2OS. The van der Waals surface area contributed by atoms with Gasteiger partial charge in [0, 0.05) is 22.9 Å². The molecule has 0 fully saturated rings. The maximum absolute atomic E-state index is 13.3. The number of thioether (sulfide) groups is 1. The van der Waals surface area contributed by atoms with Crippen LogP contribution >= 0.6 is 11.8 Å². The van der Waals surface area contributed by atoms with Crippen LogP contribution < -0.4 is 5.32 Å². The summed E-state index contributed by atoms with van der Waals surface area (Å²) >= 11 is 1.81. The number of hydrogen-bond acceptors (Lipinski definition) is 4. The molecule has 1 aliphatic heterocycles. The third-order valence-corrected chi connectivity index (χ3v) is 5.57. The van der Waals surface area contributed by atoms with Crippen LogP contribution in [0.5, 0.6) is 0 Å². The third kappa shape index (κ3) is 4.39. The van der Waals surface area contributed by atoms with E-state index < -0.39 is 17.8 Å². The second-order valence-corrected chi connectivity index (χ2v) is 7.64. The molecule has 0 saturated heterocycles. The lowest BCUT2D eigenvalue weighted by molar-refractivity contribution is -0.136. The van der Waals surface area contributed by atoms with Crippen LogP contribution in [0.15, 0.2) is 35.7 Å². The lowest BCUT2D eigenvalue weighted by atomic mass is 10.00. The van der Waals surface area contributed by atoms with Gasteiger partial charge >= 0.3 is 6.18 Å². The minimum Gasteiger partial charge on any atom is -0.387 e. The number of halogens is 3. The first kappa shape index (κ1) is 19.2. The summed E-state index contributed by atoms with van der Waals surface area (Å²) in [6.45, 7) is 2.69. The van der Waals surface area contributed by atoms with Gasteiger partial charge < -0.3 is 10.4 Å². The number of para-hydroxylation sites is 1. The van der Waals surface area contributed by atoms with E-state index in [0.29, 0.717) is 28.4 Å². The molecule has 2 atom stereocenters. The maximum atomic E-state index is 13.3. The van der Waals surface area contributed by atoms with Gasteiger partial charge in [0.15, 0.2) is 0 Å². The van der Waals surface area contributed by atoms with Crippen LogP contribution in [0.2, 0.25) is 0 Å². The number of aliphatic hydroxyl groups excluding tert-OH is 1. The fraction of sp³-hybridized carbons (Fsp3) is 0.421. The molecule has 3 rings (SSSR count). The van der Waals surface area contributed by atoms with Crippen LogP contribution in [0, 0.1) is 6.92 Å². The van der Waals surface area contributed by atoms with Crippen molar-refractivity contribution in [2.45, 2.75) is 37.3 Å². The Morgan fingerprint density at radius 2 is 2.19 bits per heavy atom. The summed E-state index contributed by atoms with van der Waals surface area (Å²) in [6, 6.07) is 5.62. The third-order valence-electron chi connectivity index (χ3n) is 4.41. The second kappa shape index (κ2) is 7.98. The highest BCUT2D eigenvalue weighted by Crippen LogP contribution is 2.36. The molecule has 0 radical (unpaired) electrons. The number of allylic oxidation sites excluding steroid dienone is 1. The average Bonchev–Trinajstić information content (AvgIpc) is 3.09. The highest BCUT2D eigenvalue weighted by atomic mass is 32.2. The smallest absolute Gasteiger partial charge is 0.387 e. The molecule has 1 aromatic carbocycles. The summed E-state index contributed by atoms with van der Waals surface area (Å²) in [5.41, 5.74) is 0.0491. The van der Waals surface area contributed by atoms with E-state index in [-0.39, 0.29) is 5.52 Å². The Morgan fingerprint density at radius 1 is 1.38 bits per heavy atom. The molecule has 2 aromatic rings. The van der Waals surface area contributed by atoms with Gasteiger partial charge in [-0.05, 0) is 49.4 Å². The molecule has 0 saturated carbocycles. The summed E-state index contributed by atoms with van der Waals surface area (Å²) in [6.07, 6.45) is -1.18. The summed E-state index contributed by atoms with van der Waals surface area (Å²) in [5.74, 6) is 0. The Bertz CT molecular complexity index is 799. The number of nitrogens with zero attached hydrogens (tertiary/aromatic N) is 1. The minimum absolute atomic E-state index is 0.109. The Kier molecular flexibility index (Phi) is 5.89. The van der Waals surface area contributed by atoms with Gasteiger partial charge in [0.25, 0.3) is 0 Å². The molecule has 1 aromatic heterocycles. The van der Waals surface area contributed by atoms with Gasteiger partial charge in [0.1, 0.15) is 0 Å². The number of aliphatic hydroxyl groups is 1. The van der Waals surface area contributed by atoms with Crippen molar-refractivity contribution >= 4 is 22.7 Å². The number of aryl methyl sites for hydroxylation is 1. The van der Waals surface area contributed by atoms with Crippen molar-refractivity contribution in [3.63, 3.8) is 0 Å². The number of nitrogens with one attached hydrogen (secondary N) is 1. The molecule has 3 nitrogen and oxygen atoms in total. The first-order chi connectivity index (χ1) is 12.4. The van der Waals surface area contributed by atoms with Crippen LogP contribution in [-0.4, -0.2) is 28.4 Å². The van der Waals surface area contributed by atoms with Gasteiger partial charge in [-0.2, -0.15) is 13.2 Å². The Hall–Kier alpha value is -1.57. The van der Waals surface area contributed by atoms with Gasteiger partial charge in [-0.1, -0.05) is 18.2 Å². The minimum atomic E-state index is -4.48. The molecule has 1 aliphatic rings. The van der Waals surface area contributed by atoms with Gasteiger partial charge in [-0.25, -0.2) is 0 Å². The topological polar surface area (TPSA) is 45.1 Å². The zero-order chi connectivity index (χ0) is 18.7. The second-order valence-electron chi connectivity index (χ2n) is 6.43. The Morgan fingerprint density at radius 3 is 2.88 bits per heavy atom. The van der Waals surface area contributed by atoms with Crippen molar-refractivity contribution < 1.29 is 18.3 Å². The van der Waals surface area contributed by atoms with Gasteiger partial charge in [-0.15, -0.1) is 11.8 Å². The fourth-order valence-electron chi connectivity index (χ4n) is 3.14. The number of pyridine rings is 1. The molecule has 0 amide bonds. The predicted molar refractivity (Wildman–Crippen MR) is 99.1 cm³/mol. The molecular weight excluding hydrogens is 361 g/mol. The van der Waals surface area contributed by atoms with Crippen molar-refractivity contribution in [3.8, 4) is 0 Å². The monoisotopic (exact) mass is 382 g/mol. The molecule has 0 bridgehead atoms. The first-order valence-corrected chi connectivity index (χ1v) is 9.47. The summed E-state index contributed by atoms with van der Waals surface area (Å²) < 4.78 is 39.8. The maximum Gasteiger partial charge on any atom is 0.418 e. The van der Waals surface area contributed by atoms with E-state index in [9.17, 15) is 18.3 Å². The normalized spacial score (nSPS) is 18.6. The first-order valence-electron chi connectivity index (χ1n) is 8.53. The quantitative estimate of drug-likeness (QED) is 0.717. The summed E-state index contributed by atoms with van der Waals surface area (Å²) in [7, 11) is 0. The molecule has 2 unspecified atom stereocenters. The van der Waals surface area contributed by atoms with E-state index in [1.165, 1.54) is 6.07 Å². The molecule has 7 heteroatoms. The molecule has 140 valence electrons. The van der Waals surface area contributed by atoms with Crippen molar-refractivity contribution in [1.82, 2.24) is 10.3 Å². The van der Waals surface area contributed by atoms with Crippen molar-refractivity contribution in [1.29, 1.82) is 0 Å². The number of alkyl halides is 3. The van der Waals surface area contributed by atoms with E-state index >= 15 is 0 Å².